The van der Waals surface area contributed by atoms with Gasteiger partial charge in [-0.2, -0.15) is 0 Å². The third-order valence-corrected chi connectivity index (χ3v) is 1.35. The van der Waals surface area contributed by atoms with Crippen molar-refractivity contribution < 1.29 is 13.3 Å². The third-order valence-electron chi connectivity index (χ3n) is 1.35. The van der Waals surface area contributed by atoms with Crippen molar-refractivity contribution >= 4 is 0 Å². The summed E-state index contributed by atoms with van der Waals surface area (Å²) in [6.45, 7) is -0.581. The highest BCUT2D eigenvalue weighted by atomic mass is 19.3. The molecule has 1 saturated heterocycles. The Morgan fingerprint density at radius 1 is 1.33 bits per heavy atom. The first-order valence-electron chi connectivity index (χ1n) is 2.89. The van der Waals surface area contributed by atoms with Crippen molar-refractivity contribution in [1.82, 2.24) is 5.12 Å². The number of nitrogens with zero attached hydrogens (tertiary/aromatic N) is 1. The lowest BCUT2D eigenvalue weighted by Gasteiger charge is -2.25. The fraction of sp³-hybridized carbons (Fsp3) is 1.00. The number of rotatable bonds is 0. The van der Waals surface area contributed by atoms with Crippen molar-refractivity contribution in [2.45, 2.75) is 18.8 Å². The molecule has 0 saturated carbocycles. The zero-order valence-corrected chi connectivity index (χ0v) is 4.91. The Morgan fingerprint density at radius 2 is 2.00 bits per heavy atom. The zero-order valence-electron chi connectivity index (χ0n) is 4.91. The first-order valence-corrected chi connectivity index (χ1v) is 2.89. The van der Waals surface area contributed by atoms with Gasteiger partial charge in [-0.25, -0.2) is 8.78 Å². The molecular weight excluding hydrogens is 131 g/mol. The summed E-state index contributed by atoms with van der Waals surface area (Å²) in [6.07, 6.45) is 0.0803. The van der Waals surface area contributed by atoms with Crippen LogP contribution in [0, 0.1) is 0 Å². The van der Waals surface area contributed by atoms with E-state index in [0.29, 0.717) is 0 Å². The summed E-state index contributed by atoms with van der Waals surface area (Å²) < 4.78 is 36.4. The molecule has 1 heterocycles. The average Bonchev–Trinajstić information content (AvgIpc) is 1.60. The van der Waals surface area contributed by atoms with Gasteiger partial charge in [0.05, 0.1) is 6.54 Å². The molecule has 1 nitrogen and oxygen atoms in total. The Hall–Kier alpha value is -0.250. The van der Waals surface area contributed by atoms with Gasteiger partial charge < -0.3 is 0 Å². The normalized spacial score (nSPS) is 28.3. The molecule has 0 aromatic heterocycles. The van der Waals surface area contributed by atoms with Gasteiger partial charge >= 0.3 is 0 Å². The van der Waals surface area contributed by atoms with Crippen molar-refractivity contribution in [3.63, 3.8) is 0 Å². The molecule has 0 aliphatic carbocycles. The second kappa shape index (κ2) is 2.17. The summed E-state index contributed by atoms with van der Waals surface area (Å²) in [5.41, 5.74) is 0. The maximum atomic E-state index is 12.2. The molecule has 54 valence electrons. The molecule has 9 heavy (non-hydrogen) atoms. The molecule has 0 amide bonds. The summed E-state index contributed by atoms with van der Waals surface area (Å²) in [5.74, 6) is -2.80. The number of alkyl halides is 2. The fourth-order valence-electron chi connectivity index (χ4n) is 0.918. The largest absolute Gasteiger partial charge is 0.263 e. The number of halogens is 3. The minimum absolute atomic E-state index is 0.148. The van der Waals surface area contributed by atoms with Gasteiger partial charge in [-0.1, -0.05) is 0 Å². The molecule has 0 N–H and O–H groups in total. The molecule has 0 radical (unpaired) electrons. The van der Waals surface area contributed by atoms with Crippen LogP contribution in [0.3, 0.4) is 0 Å². The van der Waals surface area contributed by atoms with Gasteiger partial charge in [-0.05, 0) is 6.42 Å². The van der Waals surface area contributed by atoms with E-state index < -0.39 is 12.5 Å². The highest BCUT2D eigenvalue weighted by molar-refractivity contribution is 4.73. The van der Waals surface area contributed by atoms with Gasteiger partial charge in [0.25, 0.3) is 5.92 Å². The van der Waals surface area contributed by atoms with E-state index in [1.165, 1.54) is 0 Å². The standard InChI is InChI=1S/C5H8F3N/c6-5(7)2-1-3-9(8)4-5/h1-4H2. The van der Waals surface area contributed by atoms with E-state index in [0.717, 1.165) is 0 Å². The van der Waals surface area contributed by atoms with Crippen LogP contribution in [0.1, 0.15) is 12.8 Å². The van der Waals surface area contributed by atoms with Gasteiger partial charge in [0.2, 0.25) is 0 Å². The van der Waals surface area contributed by atoms with Crippen LogP contribution in [0.4, 0.5) is 13.3 Å². The van der Waals surface area contributed by atoms with E-state index in [1.54, 1.807) is 0 Å². The second-order valence-electron chi connectivity index (χ2n) is 2.30. The summed E-state index contributed by atoms with van der Waals surface area (Å²) in [7, 11) is 0. The van der Waals surface area contributed by atoms with Crippen molar-refractivity contribution in [1.29, 1.82) is 0 Å². The van der Waals surface area contributed by atoms with Gasteiger partial charge in [0.1, 0.15) is 0 Å². The maximum Gasteiger partial charge on any atom is 0.263 e. The molecular formula is C5H8F3N. The summed E-state index contributed by atoms with van der Waals surface area (Å²) in [6, 6.07) is 0. The summed E-state index contributed by atoms with van der Waals surface area (Å²) in [5, 5.41) is 0.170. The van der Waals surface area contributed by atoms with Crippen molar-refractivity contribution in [3.05, 3.63) is 0 Å². The van der Waals surface area contributed by atoms with Crippen molar-refractivity contribution in [2.75, 3.05) is 13.1 Å². The monoisotopic (exact) mass is 139 g/mol. The van der Waals surface area contributed by atoms with Crippen LogP contribution in [0.5, 0.6) is 0 Å². The minimum Gasteiger partial charge on any atom is -0.205 e. The van der Waals surface area contributed by atoms with E-state index in [-0.39, 0.29) is 24.5 Å². The van der Waals surface area contributed by atoms with Crippen LogP contribution in [0.25, 0.3) is 0 Å². The first-order chi connectivity index (χ1) is 4.10. The lowest BCUT2D eigenvalue weighted by atomic mass is 10.1. The van der Waals surface area contributed by atoms with Crippen LogP contribution in [-0.2, 0) is 0 Å². The van der Waals surface area contributed by atoms with E-state index >= 15 is 0 Å². The second-order valence-corrected chi connectivity index (χ2v) is 2.30. The Kier molecular flexibility index (Phi) is 1.66. The molecule has 0 bridgehead atoms. The van der Waals surface area contributed by atoms with Crippen molar-refractivity contribution in [3.8, 4) is 0 Å². The fourth-order valence-corrected chi connectivity index (χ4v) is 0.918. The smallest absolute Gasteiger partial charge is 0.205 e. The predicted octanol–water partition coefficient (Wildman–Crippen LogP) is 1.60. The highest BCUT2D eigenvalue weighted by Gasteiger charge is 2.35. The molecule has 1 rings (SSSR count). The van der Waals surface area contributed by atoms with Crippen LogP contribution in [0.2, 0.25) is 0 Å². The van der Waals surface area contributed by atoms with E-state index in [1.807, 2.05) is 0 Å². The van der Waals surface area contributed by atoms with Crippen LogP contribution >= 0.6 is 0 Å². The molecule has 0 spiro atoms. The number of hydrogen-bond donors (Lipinski definition) is 0. The molecule has 0 atom stereocenters. The Bertz CT molecular complexity index is 104. The lowest BCUT2D eigenvalue weighted by molar-refractivity contribution is -0.125. The van der Waals surface area contributed by atoms with Crippen LogP contribution in [0.15, 0.2) is 0 Å². The summed E-state index contributed by atoms with van der Waals surface area (Å²) >= 11 is 0. The van der Waals surface area contributed by atoms with Gasteiger partial charge in [0, 0.05) is 13.0 Å². The third kappa shape index (κ3) is 1.86. The molecule has 1 fully saturated rings. The van der Waals surface area contributed by atoms with Gasteiger partial charge in [0.15, 0.2) is 0 Å². The van der Waals surface area contributed by atoms with E-state index in [2.05, 4.69) is 0 Å². The predicted molar refractivity (Wildman–Crippen MR) is 26.9 cm³/mol. The number of hydrogen-bond acceptors (Lipinski definition) is 1. The average molecular weight is 139 g/mol. The quantitative estimate of drug-likeness (QED) is 0.461. The topological polar surface area (TPSA) is 3.24 Å². The molecule has 1 aliphatic heterocycles. The molecule has 0 unspecified atom stereocenters. The molecule has 1 aliphatic rings. The minimum atomic E-state index is -2.80. The van der Waals surface area contributed by atoms with Crippen LogP contribution < -0.4 is 0 Å². The SMILES string of the molecule is FN1CCCC(F)(F)C1. The van der Waals surface area contributed by atoms with Crippen LogP contribution in [-0.4, -0.2) is 24.1 Å². The van der Waals surface area contributed by atoms with Crippen molar-refractivity contribution in [2.24, 2.45) is 0 Å². The zero-order chi connectivity index (χ0) is 6.91. The molecule has 0 aromatic rings. The Balaban J connectivity index is 2.41. The lowest BCUT2D eigenvalue weighted by Crippen LogP contribution is -2.37. The number of piperidine rings is 1. The molecule has 4 heteroatoms. The van der Waals surface area contributed by atoms with Gasteiger partial charge in [-0.3, -0.25) is 0 Å². The van der Waals surface area contributed by atoms with Gasteiger partial charge in [-0.15, -0.1) is 9.60 Å². The van der Waals surface area contributed by atoms with E-state index in [9.17, 15) is 13.3 Å². The van der Waals surface area contributed by atoms with E-state index in [4.69, 9.17) is 0 Å². The molecule has 0 aromatic carbocycles. The highest BCUT2D eigenvalue weighted by Crippen LogP contribution is 2.26. The first kappa shape index (κ1) is 6.86. The maximum absolute atomic E-state index is 12.2. The Labute approximate surface area is 51.4 Å². The Morgan fingerprint density at radius 3 is 2.33 bits per heavy atom. The summed E-state index contributed by atoms with van der Waals surface area (Å²) in [4.78, 5) is 0.